The summed E-state index contributed by atoms with van der Waals surface area (Å²) in [5.74, 6) is 0.970. The van der Waals surface area contributed by atoms with Crippen molar-refractivity contribution in [3.8, 4) is 0 Å². The summed E-state index contributed by atoms with van der Waals surface area (Å²) in [5, 5.41) is 6.19. The zero-order valence-corrected chi connectivity index (χ0v) is 11.8. The Morgan fingerprint density at radius 2 is 1.65 bits per heavy atom. The Balaban J connectivity index is 1.87. The zero-order valence-electron chi connectivity index (χ0n) is 11.8. The lowest BCUT2D eigenvalue weighted by Gasteiger charge is -2.20. The highest BCUT2D eigenvalue weighted by Crippen LogP contribution is 2.26. The van der Waals surface area contributed by atoms with Gasteiger partial charge in [0.15, 0.2) is 0 Å². The summed E-state index contributed by atoms with van der Waals surface area (Å²) >= 11 is 0. The first-order chi connectivity index (χ1) is 9.75. The molecule has 0 fully saturated rings. The molecule has 2 heteroatoms. The van der Waals surface area contributed by atoms with Gasteiger partial charge >= 0.3 is 0 Å². The zero-order chi connectivity index (χ0) is 13.9. The molecule has 0 aliphatic carbocycles. The molecule has 3 rings (SSSR count). The summed E-state index contributed by atoms with van der Waals surface area (Å²) in [5.41, 5.74) is 1.32. The fraction of sp³-hybridized carbons (Fsp3) is 0.222. The molecule has 0 saturated carbocycles. The second kappa shape index (κ2) is 5.51. The summed E-state index contributed by atoms with van der Waals surface area (Å²) in [6.07, 6.45) is 1.72. The Hall–Kier alpha value is -2.06. The van der Waals surface area contributed by atoms with Gasteiger partial charge in [0.05, 0.1) is 12.3 Å². The number of nitrogens with one attached hydrogen (secondary N) is 1. The predicted octanol–water partition coefficient (Wildman–Crippen LogP) is 4.84. The number of rotatable bonds is 4. The summed E-state index contributed by atoms with van der Waals surface area (Å²) in [6, 6.07) is 19.4. The van der Waals surface area contributed by atoms with E-state index in [1.807, 2.05) is 12.1 Å². The molecule has 102 valence electrons. The molecule has 1 N–H and O–H groups in total. The Morgan fingerprint density at radius 3 is 2.45 bits per heavy atom. The van der Waals surface area contributed by atoms with Crippen molar-refractivity contribution >= 4 is 10.8 Å². The Kier molecular flexibility index (Phi) is 3.57. The SMILES string of the molecule is CC(N[C@@H](C)c1ccco1)c1cccc2ccccc12. The van der Waals surface area contributed by atoms with E-state index in [1.165, 1.54) is 16.3 Å². The molecule has 0 radical (unpaired) electrons. The summed E-state index contributed by atoms with van der Waals surface area (Å²) in [6.45, 7) is 4.32. The quantitative estimate of drug-likeness (QED) is 0.730. The minimum Gasteiger partial charge on any atom is -0.468 e. The maximum atomic E-state index is 5.46. The molecule has 0 aliphatic rings. The first kappa shape index (κ1) is 12.9. The molecule has 1 aromatic heterocycles. The molecular weight excluding hydrogens is 246 g/mol. The molecule has 2 atom stereocenters. The number of fused-ring (bicyclic) bond motifs is 1. The van der Waals surface area contributed by atoms with E-state index < -0.39 is 0 Å². The molecule has 0 amide bonds. The van der Waals surface area contributed by atoms with Crippen LogP contribution in [-0.2, 0) is 0 Å². The number of furan rings is 1. The van der Waals surface area contributed by atoms with Crippen molar-refractivity contribution in [1.82, 2.24) is 5.32 Å². The standard InChI is InChI=1S/C18H19NO/c1-13(19-14(2)18-11-6-12-20-18)16-10-5-8-15-7-3-4-9-17(15)16/h3-14,19H,1-2H3/t13?,14-/m0/s1. The monoisotopic (exact) mass is 265 g/mol. The van der Waals surface area contributed by atoms with Gasteiger partial charge in [0.1, 0.15) is 5.76 Å². The summed E-state index contributed by atoms with van der Waals surface area (Å²) in [7, 11) is 0. The molecule has 0 saturated heterocycles. The van der Waals surface area contributed by atoms with Gasteiger partial charge in [-0.2, -0.15) is 0 Å². The van der Waals surface area contributed by atoms with E-state index in [2.05, 4.69) is 61.6 Å². The number of benzene rings is 2. The van der Waals surface area contributed by atoms with Gasteiger partial charge in [0.2, 0.25) is 0 Å². The van der Waals surface area contributed by atoms with Gasteiger partial charge in [-0.05, 0) is 42.3 Å². The maximum Gasteiger partial charge on any atom is 0.120 e. The average Bonchev–Trinajstić information content (AvgIpc) is 3.01. The van der Waals surface area contributed by atoms with Crippen LogP contribution in [0, 0.1) is 0 Å². The topological polar surface area (TPSA) is 25.2 Å². The van der Waals surface area contributed by atoms with Gasteiger partial charge in [0.25, 0.3) is 0 Å². The van der Waals surface area contributed by atoms with Crippen molar-refractivity contribution in [2.75, 3.05) is 0 Å². The van der Waals surface area contributed by atoms with Crippen LogP contribution in [0.25, 0.3) is 10.8 Å². The van der Waals surface area contributed by atoms with Crippen LogP contribution in [-0.4, -0.2) is 0 Å². The largest absolute Gasteiger partial charge is 0.468 e. The van der Waals surface area contributed by atoms with E-state index in [-0.39, 0.29) is 12.1 Å². The Morgan fingerprint density at radius 1 is 0.850 bits per heavy atom. The highest BCUT2D eigenvalue weighted by Gasteiger charge is 2.14. The van der Waals surface area contributed by atoms with Crippen molar-refractivity contribution in [3.63, 3.8) is 0 Å². The van der Waals surface area contributed by atoms with Gasteiger partial charge in [-0.15, -0.1) is 0 Å². The van der Waals surface area contributed by atoms with Crippen molar-refractivity contribution in [3.05, 3.63) is 72.2 Å². The molecular formula is C18H19NO. The van der Waals surface area contributed by atoms with Gasteiger partial charge in [-0.3, -0.25) is 0 Å². The highest BCUT2D eigenvalue weighted by atomic mass is 16.3. The molecule has 20 heavy (non-hydrogen) atoms. The van der Waals surface area contributed by atoms with Crippen LogP contribution in [0.15, 0.2) is 65.3 Å². The smallest absolute Gasteiger partial charge is 0.120 e. The van der Waals surface area contributed by atoms with Crippen LogP contribution in [0.4, 0.5) is 0 Å². The summed E-state index contributed by atoms with van der Waals surface area (Å²) < 4.78 is 5.46. The van der Waals surface area contributed by atoms with E-state index in [0.717, 1.165) is 5.76 Å². The van der Waals surface area contributed by atoms with E-state index in [4.69, 9.17) is 4.42 Å². The summed E-state index contributed by atoms with van der Waals surface area (Å²) in [4.78, 5) is 0. The average molecular weight is 265 g/mol. The van der Waals surface area contributed by atoms with Crippen molar-refractivity contribution in [2.24, 2.45) is 0 Å². The first-order valence-corrected chi connectivity index (χ1v) is 7.03. The third kappa shape index (κ3) is 2.47. The molecule has 0 spiro atoms. The van der Waals surface area contributed by atoms with Gasteiger partial charge in [-0.25, -0.2) is 0 Å². The minimum absolute atomic E-state index is 0.193. The third-order valence-electron chi connectivity index (χ3n) is 3.76. The van der Waals surface area contributed by atoms with Gasteiger partial charge in [-0.1, -0.05) is 42.5 Å². The minimum atomic E-state index is 0.193. The van der Waals surface area contributed by atoms with Crippen LogP contribution in [0.5, 0.6) is 0 Å². The molecule has 3 aromatic rings. The molecule has 1 heterocycles. The van der Waals surface area contributed by atoms with E-state index in [1.54, 1.807) is 6.26 Å². The number of hydrogen-bond acceptors (Lipinski definition) is 2. The van der Waals surface area contributed by atoms with Gasteiger partial charge in [0, 0.05) is 6.04 Å². The first-order valence-electron chi connectivity index (χ1n) is 7.03. The molecule has 0 bridgehead atoms. The Bertz CT molecular complexity index is 682. The van der Waals surface area contributed by atoms with Crippen LogP contribution >= 0.6 is 0 Å². The van der Waals surface area contributed by atoms with E-state index in [0.29, 0.717) is 0 Å². The fourth-order valence-electron chi connectivity index (χ4n) is 2.71. The van der Waals surface area contributed by atoms with Crippen LogP contribution in [0.3, 0.4) is 0 Å². The molecule has 2 nitrogen and oxygen atoms in total. The molecule has 2 aromatic carbocycles. The lowest BCUT2D eigenvalue weighted by Crippen LogP contribution is -2.22. The maximum absolute atomic E-state index is 5.46. The van der Waals surface area contributed by atoms with Gasteiger partial charge < -0.3 is 9.73 Å². The highest BCUT2D eigenvalue weighted by molar-refractivity contribution is 5.86. The van der Waals surface area contributed by atoms with Crippen molar-refractivity contribution in [1.29, 1.82) is 0 Å². The van der Waals surface area contributed by atoms with Crippen LogP contribution in [0.2, 0.25) is 0 Å². The Labute approximate surface area is 119 Å². The third-order valence-corrected chi connectivity index (χ3v) is 3.76. The van der Waals surface area contributed by atoms with Crippen molar-refractivity contribution in [2.45, 2.75) is 25.9 Å². The molecule has 0 aliphatic heterocycles. The normalized spacial score (nSPS) is 14.3. The van der Waals surface area contributed by atoms with Crippen molar-refractivity contribution < 1.29 is 4.42 Å². The lowest BCUT2D eigenvalue weighted by molar-refractivity contribution is 0.404. The number of hydrogen-bond donors (Lipinski definition) is 1. The van der Waals surface area contributed by atoms with Crippen LogP contribution in [0.1, 0.15) is 37.3 Å². The predicted molar refractivity (Wildman–Crippen MR) is 82.6 cm³/mol. The van der Waals surface area contributed by atoms with E-state index >= 15 is 0 Å². The fourth-order valence-corrected chi connectivity index (χ4v) is 2.71. The lowest BCUT2D eigenvalue weighted by atomic mass is 9.99. The van der Waals surface area contributed by atoms with E-state index in [9.17, 15) is 0 Å². The second-order valence-corrected chi connectivity index (χ2v) is 5.19. The van der Waals surface area contributed by atoms with Crippen LogP contribution < -0.4 is 5.32 Å². The molecule has 1 unspecified atom stereocenters. The second-order valence-electron chi connectivity index (χ2n) is 5.19.